The molecule has 170 valence electrons. The zero-order valence-electron chi connectivity index (χ0n) is 17.9. The molecule has 0 aliphatic heterocycles. The molecule has 9 nitrogen and oxygen atoms in total. The maximum Gasteiger partial charge on any atom is 0.331 e. The molecule has 2 N–H and O–H groups in total. The van der Waals surface area contributed by atoms with Crippen LogP contribution in [0.4, 0.5) is 11.5 Å². The first-order valence-electron chi connectivity index (χ1n) is 9.76. The number of ether oxygens (including phenoxy) is 1. The quantitative estimate of drug-likeness (QED) is 0.299. The highest BCUT2D eigenvalue weighted by Crippen LogP contribution is 2.37. The summed E-state index contributed by atoms with van der Waals surface area (Å²) in [6.07, 6.45) is 3.05. The predicted molar refractivity (Wildman–Crippen MR) is 127 cm³/mol. The monoisotopic (exact) mass is 484 g/mol. The Hall–Kier alpha value is -3.57. The van der Waals surface area contributed by atoms with Crippen LogP contribution in [-0.2, 0) is 14.6 Å². The Morgan fingerprint density at radius 1 is 1.12 bits per heavy atom. The molecule has 0 saturated heterocycles. The number of aliphatic carboxylic acids is 1. The summed E-state index contributed by atoms with van der Waals surface area (Å²) in [6.45, 7) is 4.73. The lowest BCUT2D eigenvalue weighted by Gasteiger charge is -2.21. The molecule has 4 aromatic rings. The SMILES string of the molecule is CC(C)(C)S(=O)(=O)c1cc2c(Nc3ccc4scnc4c3)ncnc2cc1OC=CC(=O)O. The van der Waals surface area contributed by atoms with Gasteiger partial charge in [-0.15, -0.1) is 11.3 Å². The number of benzene rings is 2. The molecule has 0 aliphatic carbocycles. The van der Waals surface area contributed by atoms with E-state index >= 15 is 0 Å². The predicted octanol–water partition coefficient (Wildman–Crippen LogP) is 4.53. The topological polar surface area (TPSA) is 131 Å². The maximum atomic E-state index is 13.3. The summed E-state index contributed by atoms with van der Waals surface area (Å²) in [7, 11) is -3.86. The Bertz CT molecular complexity index is 1500. The molecular weight excluding hydrogens is 464 g/mol. The van der Waals surface area contributed by atoms with E-state index < -0.39 is 20.6 Å². The number of nitrogens with one attached hydrogen (secondary N) is 1. The lowest BCUT2D eigenvalue weighted by Crippen LogP contribution is -2.28. The van der Waals surface area contributed by atoms with E-state index in [4.69, 9.17) is 9.84 Å². The molecular formula is C22H20N4O5S2. The Balaban J connectivity index is 1.86. The van der Waals surface area contributed by atoms with Crippen molar-refractivity contribution >= 4 is 59.8 Å². The highest BCUT2D eigenvalue weighted by atomic mass is 32.2. The van der Waals surface area contributed by atoms with Gasteiger partial charge in [0.1, 0.15) is 22.8 Å². The van der Waals surface area contributed by atoms with Crippen LogP contribution in [0.2, 0.25) is 0 Å². The number of hydrogen-bond acceptors (Lipinski definition) is 9. The van der Waals surface area contributed by atoms with Crippen molar-refractivity contribution in [1.82, 2.24) is 15.0 Å². The van der Waals surface area contributed by atoms with Crippen molar-refractivity contribution in [3.8, 4) is 5.75 Å². The fourth-order valence-corrected chi connectivity index (χ4v) is 5.00. The van der Waals surface area contributed by atoms with Gasteiger partial charge in [-0.25, -0.2) is 28.2 Å². The van der Waals surface area contributed by atoms with Crippen LogP contribution >= 0.6 is 11.3 Å². The Kier molecular flexibility index (Phi) is 5.76. The van der Waals surface area contributed by atoms with Gasteiger partial charge < -0.3 is 15.2 Å². The van der Waals surface area contributed by atoms with Gasteiger partial charge in [-0.3, -0.25) is 0 Å². The number of carboxylic acids is 1. The third-order valence-electron chi connectivity index (χ3n) is 4.80. The van der Waals surface area contributed by atoms with Crippen LogP contribution in [0.25, 0.3) is 21.1 Å². The minimum absolute atomic E-state index is 0.0246. The average molecular weight is 485 g/mol. The van der Waals surface area contributed by atoms with Crippen LogP contribution in [0.3, 0.4) is 0 Å². The zero-order valence-corrected chi connectivity index (χ0v) is 19.6. The second kappa shape index (κ2) is 8.41. The number of hydrogen-bond donors (Lipinski definition) is 2. The van der Waals surface area contributed by atoms with Gasteiger partial charge in [0.15, 0.2) is 9.84 Å². The van der Waals surface area contributed by atoms with Gasteiger partial charge in [0.05, 0.1) is 38.3 Å². The third kappa shape index (κ3) is 4.50. The van der Waals surface area contributed by atoms with Crippen molar-refractivity contribution in [1.29, 1.82) is 0 Å². The molecule has 2 heterocycles. The second-order valence-corrected chi connectivity index (χ2v) is 11.6. The van der Waals surface area contributed by atoms with Crippen LogP contribution in [0, 0.1) is 0 Å². The summed E-state index contributed by atoms with van der Waals surface area (Å²) in [6, 6.07) is 8.60. The minimum Gasteiger partial charge on any atom is -0.478 e. The van der Waals surface area contributed by atoms with Crippen LogP contribution in [0.15, 0.2) is 59.4 Å². The summed E-state index contributed by atoms with van der Waals surface area (Å²) in [5.74, 6) is -0.835. The van der Waals surface area contributed by atoms with Gasteiger partial charge >= 0.3 is 5.97 Å². The van der Waals surface area contributed by atoms with E-state index in [0.717, 1.165) is 28.2 Å². The van der Waals surface area contributed by atoms with Gasteiger partial charge in [-0.1, -0.05) is 0 Å². The number of carbonyl (C=O) groups is 1. The lowest BCUT2D eigenvalue weighted by molar-refractivity contribution is -0.131. The van der Waals surface area contributed by atoms with Crippen molar-refractivity contribution in [2.24, 2.45) is 0 Å². The number of carboxylic acid groups (broad SMARTS) is 1. The summed E-state index contributed by atoms with van der Waals surface area (Å²) in [5, 5.41) is 12.5. The minimum atomic E-state index is -3.86. The van der Waals surface area contributed by atoms with Crippen molar-refractivity contribution in [2.45, 2.75) is 30.4 Å². The number of aromatic nitrogens is 3. The molecule has 0 bridgehead atoms. The Morgan fingerprint density at radius 3 is 2.64 bits per heavy atom. The smallest absolute Gasteiger partial charge is 0.331 e. The number of anilines is 2. The number of rotatable bonds is 6. The van der Waals surface area contributed by atoms with Gasteiger partial charge in [0.25, 0.3) is 0 Å². The molecule has 2 aromatic carbocycles. The number of sulfone groups is 1. The molecule has 4 rings (SSSR count). The van der Waals surface area contributed by atoms with Gasteiger partial charge in [-0.05, 0) is 45.0 Å². The van der Waals surface area contributed by atoms with Crippen LogP contribution in [0.5, 0.6) is 5.75 Å². The standard InChI is InChI=1S/C22H20N4O5S2/c1-22(2,3)33(29,30)19-9-14-15(10-17(19)31-7-6-20(27)28)23-11-24-21(14)26-13-4-5-18-16(8-13)25-12-32-18/h4-12H,1-3H3,(H,27,28)(H,23,24,26). The number of fused-ring (bicyclic) bond motifs is 2. The van der Waals surface area contributed by atoms with Crippen molar-refractivity contribution in [2.75, 3.05) is 5.32 Å². The van der Waals surface area contributed by atoms with E-state index in [1.807, 2.05) is 18.2 Å². The molecule has 0 radical (unpaired) electrons. The van der Waals surface area contributed by atoms with E-state index in [-0.39, 0.29) is 10.6 Å². The van der Waals surface area contributed by atoms with Crippen molar-refractivity contribution in [3.63, 3.8) is 0 Å². The van der Waals surface area contributed by atoms with E-state index in [1.54, 1.807) is 26.3 Å². The Morgan fingerprint density at radius 2 is 1.91 bits per heavy atom. The summed E-state index contributed by atoms with van der Waals surface area (Å²) >= 11 is 1.53. The van der Waals surface area contributed by atoms with E-state index in [9.17, 15) is 13.2 Å². The molecule has 2 aromatic heterocycles. The molecule has 0 spiro atoms. The summed E-state index contributed by atoms with van der Waals surface area (Å²) in [4.78, 5) is 23.6. The molecule has 0 fully saturated rings. The molecule has 0 atom stereocenters. The Labute approximate surface area is 193 Å². The fraction of sp³-hybridized carbons (Fsp3) is 0.182. The molecule has 33 heavy (non-hydrogen) atoms. The van der Waals surface area contributed by atoms with Crippen molar-refractivity contribution < 1.29 is 23.1 Å². The van der Waals surface area contributed by atoms with E-state index in [0.29, 0.717) is 16.7 Å². The normalized spacial score (nSPS) is 12.5. The number of nitrogens with zero attached hydrogens (tertiary/aromatic N) is 3. The first kappa shape index (κ1) is 22.6. The highest BCUT2D eigenvalue weighted by molar-refractivity contribution is 7.92. The van der Waals surface area contributed by atoms with Gasteiger partial charge in [0, 0.05) is 17.1 Å². The maximum absolute atomic E-state index is 13.3. The van der Waals surface area contributed by atoms with Gasteiger partial charge in [0.2, 0.25) is 0 Å². The molecule has 0 unspecified atom stereocenters. The van der Waals surface area contributed by atoms with Crippen LogP contribution < -0.4 is 10.1 Å². The zero-order chi connectivity index (χ0) is 23.8. The van der Waals surface area contributed by atoms with Gasteiger partial charge in [-0.2, -0.15) is 0 Å². The van der Waals surface area contributed by atoms with Crippen LogP contribution in [0.1, 0.15) is 20.8 Å². The van der Waals surface area contributed by atoms with E-state index in [2.05, 4.69) is 20.3 Å². The average Bonchev–Trinajstić information content (AvgIpc) is 3.20. The second-order valence-electron chi connectivity index (χ2n) is 8.07. The largest absolute Gasteiger partial charge is 0.478 e. The van der Waals surface area contributed by atoms with Crippen molar-refractivity contribution in [3.05, 3.63) is 54.5 Å². The first-order chi connectivity index (χ1) is 15.6. The third-order valence-corrected chi connectivity index (χ3v) is 8.12. The summed E-state index contributed by atoms with van der Waals surface area (Å²) in [5.41, 5.74) is 3.76. The molecule has 0 aliphatic rings. The number of thiazole rings is 1. The fourth-order valence-electron chi connectivity index (χ4n) is 3.03. The first-order valence-corrected chi connectivity index (χ1v) is 12.1. The molecule has 11 heteroatoms. The highest BCUT2D eigenvalue weighted by Gasteiger charge is 2.34. The molecule has 0 amide bonds. The summed E-state index contributed by atoms with van der Waals surface area (Å²) < 4.78 is 31.9. The van der Waals surface area contributed by atoms with E-state index in [1.165, 1.54) is 29.8 Å². The van der Waals surface area contributed by atoms with Crippen LogP contribution in [-0.4, -0.2) is 39.2 Å². The molecule has 0 saturated carbocycles. The lowest BCUT2D eigenvalue weighted by atomic mass is 10.2.